The molecule has 4 aromatic heterocycles. The van der Waals surface area contributed by atoms with Crippen LogP contribution in [-0.4, -0.2) is 64.5 Å². The fraction of sp³-hybridized carbons (Fsp3) is 0.231. The van der Waals surface area contributed by atoms with E-state index >= 15 is 0 Å². The summed E-state index contributed by atoms with van der Waals surface area (Å²) in [6.07, 6.45) is 4.58. The Hall–Kier alpha value is -4.80. The molecule has 1 aliphatic heterocycles. The maximum atomic E-state index is 13.5. The van der Waals surface area contributed by atoms with Gasteiger partial charge in [0, 0.05) is 24.8 Å². The number of pyridine rings is 1. The van der Waals surface area contributed by atoms with E-state index in [1.54, 1.807) is 18.2 Å². The smallest absolute Gasteiger partial charge is 0.295 e. The fourth-order valence-electron chi connectivity index (χ4n) is 4.83. The molecule has 0 aliphatic carbocycles. The Morgan fingerprint density at radius 3 is 2.62 bits per heavy atom. The maximum Gasteiger partial charge on any atom is 0.295 e. The lowest BCUT2D eigenvalue weighted by Crippen LogP contribution is -2.42. The molecule has 1 aliphatic rings. The van der Waals surface area contributed by atoms with E-state index in [1.807, 2.05) is 37.3 Å². The minimum atomic E-state index is -0.620. The van der Waals surface area contributed by atoms with Crippen molar-refractivity contribution in [1.82, 2.24) is 39.2 Å². The summed E-state index contributed by atoms with van der Waals surface area (Å²) in [6.45, 7) is 4.96. The second-order valence-electron chi connectivity index (χ2n) is 8.88. The number of hydrogen-bond acceptors (Lipinski definition) is 7. The number of Topliss-reactive ketones (excluding diaryl/α,β-unsaturated/α-hetero) is 1. The van der Waals surface area contributed by atoms with E-state index in [1.165, 1.54) is 24.2 Å². The van der Waals surface area contributed by atoms with E-state index in [-0.39, 0.29) is 5.56 Å². The summed E-state index contributed by atoms with van der Waals surface area (Å²) in [7, 11) is 1.50. The van der Waals surface area contributed by atoms with Crippen LogP contribution in [0.4, 0.5) is 0 Å². The number of carbonyl (C=O) groups excluding carboxylic acids is 2. The Morgan fingerprint density at radius 1 is 1.08 bits per heavy atom. The molecule has 0 spiro atoms. The lowest BCUT2D eigenvalue weighted by atomic mass is 10.1. The standard InChI is InChI=1S/C26H24N8O3/c1-15-19-13-32(9-10-33(19)24(30-15)17-7-5-4-6-8-17)26(36)23(35)18-11-27-22-21(18)20(37-3)12-28-25(22)34-14-29-16(2)31-34/h4-8,11-12,14,27H,9-10,13H2,1-3H3. The van der Waals surface area contributed by atoms with Crippen LogP contribution >= 0.6 is 0 Å². The highest BCUT2D eigenvalue weighted by atomic mass is 16.5. The van der Waals surface area contributed by atoms with Crippen molar-refractivity contribution in [3.63, 3.8) is 0 Å². The molecule has 1 amide bonds. The minimum Gasteiger partial charge on any atom is -0.494 e. The van der Waals surface area contributed by atoms with Crippen LogP contribution in [0.15, 0.2) is 49.1 Å². The number of imidazole rings is 1. The Bertz CT molecular complexity index is 1660. The second kappa shape index (κ2) is 8.70. The highest BCUT2D eigenvalue weighted by molar-refractivity contribution is 6.45. The summed E-state index contributed by atoms with van der Waals surface area (Å²) in [6, 6.07) is 9.96. The zero-order chi connectivity index (χ0) is 25.7. The van der Waals surface area contributed by atoms with Gasteiger partial charge in [-0.1, -0.05) is 30.3 Å². The molecular weight excluding hydrogens is 472 g/mol. The van der Waals surface area contributed by atoms with Gasteiger partial charge in [0.25, 0.3) is 11.7 Å². The van der Waals surface area contributed by atoms with Crippen LogP contribution in [0, 0.1) is 13.8 Å². The first-order valence-electron chi connectivity index (χ1n) is 11.8. The predicted molar refractivity (Wildman–Crippen MR) is 134 cm³/mol. The Balaban J connectivity index is 1.33. The summed E-state index contributed by atoms with van der Waals surface area (Å²) in [5, 5.41) is 4.79. The molecule has 186 valence electrons. The largest absolute Gasteiger partial charge is 0.494 e. The van der Waals surface area contributed by atoms with Gasteiger partial charge in [-0.3, -0.25) is 9.59 Å². The number of H-pyrrole nitrogens is 1. The molecule has 0 fully saturated rings. The normalized spacial score (nSPS) is 13.1. The van der Waals surface area contributed by atoms with E-state index in [9.17, 15) is 9.59 Å². The third kappa shape index (κ3) is 3.66. The van der Waals surface area contributed by atoms with Crippen molar-refractivity contribution in [2.45, 2.75) is 26.9 Å². The molecule has 37 heavy (non-hydrogen) atoms. The quantitative estimate of drug-likeness (QED) is 0.293. The van der Waals surface area contributed by atoms with Crippen molar-refractivity contribution >= 4 is 22.6 Å². The topological polar surface area (TPSA) is 124 Å². The molecule has 11 nitrogen and oxygen atoms in total. The number of aromatic nitrogens is 7. The van der Waals surface area contributed by atoms with E-state index < -0.39 is 11.7 Å². The second-order valence-corrected chi connectivity index (χ2v) is 8.88. The maximum absolute atomic E-state index is 13.5. The van der Waals surface area contributed by atoms with Gasteiger partial charge in [0.05, 0.1) is 47.7 Å². The summed E-state index contributed by atoms with van der Waals surface area (Å²) >= 11 is 0. The van der Waals surface area contributed by atoms with Crippen molar-refractivity contribution in [2.75, 3.05) is 13.7 Å². The zero-order valence-corrected chi connectivity index (χ0v) is 20.6. The number of rotatable bonds is 5. The third-order valence-corrected chi connectivity index (χ3v) is 6.66. The molecule has 5 heterocycles. The average Bonchev–Trinajstić information content (AvgIpc) is 3.65. The molecular formula is C26H24N8O3. The number of carbonyl (C=O) groups is 2. The highest BCUT2D eigenvalue weighted by Gasteiger charge is 2.32. The van der Waals surface area contributed by atoms with Crippen LogP contribution in [0.3, 0.4) is 0 Å². The van der Waals surface area contributed by atoms with Crippen LogP contribution in [-0.2, 0) is 17.9 Å². The van der Waals surface area contributed by atoms with Crippen molar-refractivity contribution in [3.05, 3.63) is 71.8 Å². The number of aromatic amines is 1. The van der Waals surface area contributed by atoms with Crippen LogP contribution in [0.1, 0.15) is 27.6 Å². The summed E-state index contributed by atoms with van der Waals surface area (Å²) in [5.41, 5.74) is 3.54. The molecule has 0 bridgehead atoms. The van der Waals surface area contributed by atoms with Crippen LogP contribution in [0.5, 0.6) is 5.75 Å². The summed E-state index contributed by atoms with van der Waals surface area (Å²) < 4.78 is 9.14. The van der Waals surface area contributed by atoms with Gasteiger partial charge < -0.3 is 19.2 Å². The average molecular weight is 497 g/mol. The SMILES string of the molecule is COc1cnc(-n2cnc(C)n2)c2[nH]cc(C(=O)C(=O)N3CCn4c(-c5ccccc5)nc(C)c4C3)c12. The molecule has 1 N–H and O–H groups in total. The fourth-order valence-corrected chi connectivity index (χ4v) is 4.83. The van der Waals surface area contributed by atoms with Crippen molar-refractivity contribution in [2.24, 2.45) is 0 Å². The predicted octanol–water partition coefficient (Wildman–Crippen LogP) is 2.86. The number of ketones is 1. The summed E-state index contributed by atoms with van der Waals surface area (Å²) in [5.74, 6) is 1.09. The minimum absolute atomic E-state index is 0.220. The van der Waals surface area contributed by atoms with E-state index in [4.69, 9.17) is 9.72 Å². The van der Waals surface area contributed by atoms with Crippen LogP contribution in [0.2, 0.25) is 0 Å². The lowest BCUT2D eigenvalue weighted by Gasteiger charge is -2.29. The van der Waals surface area contributed by atoms with Gasteiger partial charge in [-0.25, -0.2) is 19.6 Å². The van der Waals surface area contributed by atoms with Crippen LogP contribution < -0.4 is 4.74 Å². The Kier molecular flexibility index (Phi) is 5.32. The number of nitrogens with zero attached hydrogens (tertiary/aromatic N) is 7. The third-order valence-electron chi connectivity index (χ3n) is 6.66. The molecule has 0 saturated heterocycles. The highest BCUT2D eigenvalue weighted by Crippen LogP contribution is 2.32. The van der Waals surface area contributed by atoms with Gasteiger partial charge in [0.2, 0.25) is 0 Å². The van der Waals surface area contributed by atoms with Gasteiger partial charge >= 0.3 is 0 Å². The molecule has 6 rings (SSSR count). The van der Waals surface area contributed by atoms with Gasteiger partial charge in [0.1, 0.15) is 23.7 Å². The van der Waals surface area contributed by atoms with Crippen molar-refractivity contribution in [1.29, 1.82) is 0 Å². The molecule has 0 radical (unpaired) electrons. The zero-order valence-electron chi connectivity index (χ0n) is 20.6. The molecule has 5 aromatic rings. The monoisotopic (exact) mass is 496 g/mol. The van der Waals surface area contributed by atoms with Crippen molar-refractivity contribution < 1.29 is 14.3 Å². The molecule has 1 aromatic carbocycles. The molecule has 0 unspecified atom stereocenters. The number of nitrogens with one attached hydrogen (secondary N) is 1. The number of methoxy groups -OCH3 is 1. The number of amides is 1. The first kappa shape index (κ1) is 22.7. The van der Waals surface area contributed by atoms with Gasteiger partial charge in [-0.15, -0.1) is 0 Å². The molecule has 0 saturated carbocycles. The summed E-state index contributed by atoms with van der Waals surface area (Å²) in [4.78, 5) is 45.0. The molecule has 0 atom stereocenters. The number of aryl methyl sites for hydroxylation is 2. The first-order chi connectivity index (χ1) is 18.0. The number of fused-ring (bicyclic) bond motifs is 2. The van der Waals surface area contributed by atoms with E-state index in [0.717, 1.165) is 22.8 Å². The van der Waals surface area contributed by atoms with Crippen molar-refractivity contribution in [3.8, 4) is 23.0 Å². The van der Waals surface area contributed by atoms with Gasteiger partial charge in [0.15, 0.2) is 5.82 Å². The number of ether oxygens (including phenoxy) is 1. The Morgan fingerprint density at radius 2 is 1.89 bits per heavy atom. The van der Waals surface area contributed by atoms with Gasteiger partial charge in [-0.05, 0) is 13.8 Å². The molecule has 11 heteroatoms. The van der Waals surface area contributed by atoms with Crippen LogP contribution in [0.25, 0.3) is 28.1 Å². The number of hydrogen-bond donors (Lipinski definition) is 1. The van der Waals surface area contributed by atoms with E-state index in [2.05, 4.69) is 24.6 Å². The Labute approximate surface area is 211 Å². The number of benzene rings is 1. The van der Waals surface area contributed by atoms with E-state index in [0.29, 0.717) is 47.9 Å². The first-order valence-corrected chi connectivity index (χ1v) is 11.8. The lowest BCUT2D eigenvalue weighted by molar-refractivity contribution is -0.127. The van der Waals surface area contributed by atoms with Gasteiger partial charge in [-0.2, -0.15) is 5.10 Å².